The molecule has 1 aromatic heterocycles. The summed E-state index contributed by atoms with van der Waals surface area (Å²) in [5, 5.41) is 5.03. The van der Waals surface area contributed by atoms with E-state index in [1.54, 1.807) is 0 Å². The molecule has 2 rings (SSSR count). The number of hydrogen-bond acceptors (Lipinski definition) is 3. The van der Waals surface area contributed by atoms with E-state index in [-0.39, 0.29) is 5.41 Å². The average molecular weight is 225 g/mol. The van der Waals surface area contributed by atoms with Crippen molar-refractivity contribution >= 4 is 22.6 Å². The summed E-state index contributed by atoms with van der Waals surface area (Å²) in [6, 6.07) is 5.79. The van der Waals surface area contributed by atoms with Gasteiger partial charge in [-0.1, -0.05) is 42.7 Å². The molecule has 0 amide bonds. The fraction of sp³-hybridized carbons (Fsp3) is 0.364. The Morgan fingerprint density at radius 2 is 2.20 bits per heavy atom. The summed E-state index contributed by atoms with van der Waals surface area (Å²) >= 11 is 6.00. The van der Waals surface area contributed by atoms with E-state index < -0.39 is 0 Å². The number of benzene rings is 1. The van der Waals surface area contributed by atoms with Crippen LogP contribution in [0.2, 0.25) is 5.15 Å². The van der Waals surface area contributed by atoms with Gasteiger partial charge in [0.25, 0.3) is 0 Å². The molecule has 0 saturated heterocycles. The summed E-state index contributed by atoms with van der Waals surface area (Å²) in [6.45, 7) is 4.70. The summed E-state index contributed by atoms with van der Waals surface area (Å²) in [6.07, 6.45) is 0. The van der Waals surface area contributed by atoms with E-state index in [2.05, 4.69) is 19.0 Å². The van der Waals surface area contributed by atoms with E-state index in [1.165, 1.54) is 0 Å². The monoisotopic (exact) mass is 224 g/mol. The van der Waals surface area contributed by atoms with Crippen molar-refractivity contribution in [3.8, 4) is 0 Å². The van der Waals surface area contributed by atoms with Gasteiger partial charge in [0, 0.05) is 12.0 Å². The standard InChI is InChI=1S/C11H13ClN2O/c1-11(2,6-13)7-4-3-5-8-9(7)10(12)14-15-8/h3-5H,6,13H2,1-2H3. The predicted molar refractivity (Wildman–Crippen MR) is 61.1 cm³/mol. The molecule has 0 saturated carbocycles. The first-order chi connectivity index (χ1) is 7.06. The van der Waals surface area contributed by atoms with Crippen LogP contribution >= 0.6 is 11.6 Å². The Kier molecular flexibility index (Phi) is 2.44. The van der Waals surface area contributed by atoms with E-state index in [4.69, 9.17) is 21.9 Å². The van der Waals surface area contributed by atoms with Crippen LogP contribution in [0.3, 0.4) is 0 Å². The number of hydrogen-bond donors (Lipinski definition) is 1. The van der Waals surface area contributed by atoms with Crippen molar-refractivity contribution < 1.29 is 4.52 Å². The van der Waals surface area contributed by atoms with Gasteiger partial charge in [0.15, 0.2) is 10.7 Å². The summed E-state index contributed by atoms with van der Waals surface area (Å²) in [7, 11) is 0. The molecule has 80 valence electrons. The topological polar surface area (TPSA) is 52.0 Å². The second kappa shape index (κ2) is 3.51. The Hall–Kier alpha value is -1.06. The average Bonchev–Trinajstić information content (AvgIpc) is 2.60. The molecule has 2 aromatic rings. The van der Waals surface area contributed by atoms with Gasteiger partial charge in [-0.05, 0) is 11.6 Å². The normalized spacial score (nSPS) is 12.3. The summed E-state index contributed by atoms with van der Waals surface area (Å²) in [4.78, 5) is 0. The lowest BCUT2D eigenvalue weighted by Crippen LogP contribution is -2.28. The van der Waals surface area contributed by atoms with Crippen molar-refractivity contribution in [2.24, 2.45) is 5.73 Å². The lowest BCUT2D eigenvalue weighted by atomic mass is 9.83. The Morgan fingerprint density at radius 3 is 2.87 bits per heavy atom. The van der Waals surface area contributed by atoms with Crippen LogP contribution in [0, 0.1) is 0 Å². The van der Waals surface area contributed by atoms with E-state index in [0.29, 0.717) is 17.3 Å². The molecule has 15 heavy (non-hydrogen) atoms. The number of rotatable bonds is 2. The molecule has 4 heteroatoms. The van der Waals surface area contributed by atoms with Crippen molar-refractivity contribution in [3.05, 3.63) is 28.9 Å². The van der Waals surface area contributed by atoms with Crippen molar-refractivity contribution in [2.45, 2.75) is 19.3 Å². The van der Waals surface area contributed by atoms with Gasteiger partial charge in [0.2, 0.25) is 0 Å². The van der Waals surface area contributed by atoms with Gasteiger partial charge >= 0.3 is 0 Å². The van der Waals surface area contributed by atoms with Crippen molar-refractivity contribution in [2.75, 3.05) is 6.54 Å². The zero-order valence-corrected chi connectivity index (χ0v) is 9.51. The summed E-state index contributed by atoms with van der Waals surface area (Å²) in [5.41, 5.74) is 7.41. The predicted octanol–water partition coefficient (Wildman–Crippen LogP) is 2.72. The molecular weight excluding hydrogens is 212 g/mol. The van der Waals surface area contributed by atoms with E-state index in [0.717, 1.165) is 10.9 Å². The third-order valence-corrected chi connectivity index (χ3v) is 2.95. The Morgan fingerprint density at radius 1 is 1.47 bits per heavy atom. The highest BCUT2D eigenvalue weighted by Crippen LogP contribution is 2.33. The van der Waals surface area contributed by atoms with Crippen LogP contribution in [0.5, 0.6) is 0 Å². The smallest absolute Gasteiger partial charge is 0.180 e. The zero-order chi connectivity index (χ0) is 11.1. The first-order valence-electron chi connectivity index (χ1n) is 4.81. The van der Waals surface area contributed by atoms with Gasteiger partial charge in [-0.3, -0.25) is 0 Å². The SMILES string of the molecule is CC(C)(CN)c1cccc2onc(Cl)c12. The molecule has 0 radical (unpaired) electrons. The molecule has 0 spiro atoms. The molecule has 0 fully saturated rings. The number of fused-ring (bicyclic) bond motifs is 1. The van der Waals surface area contributed by atoms with Crippen LogP contribution in [-0.2, 0) is 5.41 Å². The number of nitrogens with zero attached hydrogens (tertiary/aromatic N) is 1. The highest BCUT2D eigenvalue weighted by atomic mass is 35.5. The molecule has 0 aliphatic rings. The highest BCUT2D eigenvalue weighted by molar-refractivity contribution is 6.34. The van der Waals surface area contributed by atoms with Crippen LogP contribution in [0.4, 0.5) is 0 Å². The lowest BCUT2D eigenvalue weighted by Gasteiger charge is -2.23. The minimum atomic E-state index is -0.130. The van der Waals surface area contributed by atoms with Crippen LogP contribution in [0.1, 0.15) is 19.4 Å². The second-order valence-corrected chi connectivity index (χ2v) is 4.60. The van der Waals surface area contributed by atoms with Crippen LogP contribution < -0.4 is 5.73 Å². The molecular formula is C11H13ClN2O. The van der Waals surface area contributed by atoms with Crippen LogP contribution in [-0.4, -0.2) is 11.7 Å². The molecule has 1 heterocycles. The third-order valence-electron chi connectivity index (χ3n) is 2.70. The van der Waals surface area contributed by atoms with Crippen molar-refractivity contribution in [1.82, 2.24) is 5.16 Å². The fourth-order valence-electron chi connectivity index (χ4n) is 1.63. The van der Waals surface area contributed by atoms with Crippen LogP contribution in [0.25, 0.3) is 11.0 Å². The van der Waals surface area contributed by atoms with E-state index in [9.17, 15) is 0 Å². The largest absolute Gasteiger partial charge is 0.355 e. The van der Waals surface area contributed by atoms with Gasteiger partial charge in [-0.15, -0.1) is 0 Å². The fourth-order valence-corrected chi connectivity index (χ4v) is 1.86. The zero-order valence-electron chi connectivity index (χ0n) is 8.75. The minimum absolute atomic E-state index is 0.130. The summed E-state index contributed by atoms with van der Waals surface area (Å²) in [5.74, 6) is 0. The highest BCUT2D eigenvalue weighted by Gasteiger charge is 2.23. The lowest BCUT2D eigenvalue weighted by molar-refractivity contribution is 0.456. The van der Waals surface area contributed by atoms with Gasteiger partial charge in [-0.25, -0.2) is 0 Å². The molecule has 0 bridgehead atoms. The van der Waals surface area contributed by atoms with Crippen molar-refractivity contribution in [1.29, 1.82) is 0 Å². The number of nitrogens with two attached hydrogens (primary N) is 1. The molecule has 0 unspecified atom stereocenters. The maximum atomic E-state index is 6.00. The van der Waals surface area contributed by atoms with Gasteiger partial charge in [0.05, 0.1) is 5.39 Å². The molecule has 0 atom stereocenters. The van der Waals surface area contributed by atoms with Gasteiger partial charge in [0.1, 0.15) is 0 Å². The van der Waals surface area contributed by atoms with Crippen LogP contribution in [0.15, 0.2) is 22.7 Å². The molecule has 3 nitrogen and oxygen atoms in total. The maximum absolute atomic E-state index is 6.00. The Balaban J connectivity index is 2.75. The summed E-state index contributed by atoms with van der Waals surface area (Å²) < 4.78 is 5.11. The second-order valence-electron chi connectivity index (χ2n) is 4.24. The van der Waals surface area contributed by atoms with Crippen molar-refractivity contribution in [3.63, 3.8) is 0 Å². The first kappa shape index (κ1) is 10.5. The molecule has 1 aromatic carbocycles. The number of aromatic nitrogens is 1. The van der Waals surface area contributed by atoms with Gasteiger partial charge < -0.3 is 10.3 Å². The van der Waals surface area contributed by atoms with E-state index in [1.807, 2.05) is 18.2 Å². The Bertz CT molecular complexity index is 490. The minimum Gasteiger partial charge on any atom is -0.355 e. The quantitative estimate of drug-likeness (QED) is 0.854. The Labute approximate surface area is 93.2 Å². The first-order valence-corrected chi connectivity index (χ1v) is 5.18. The third kappa shape index (κ3) is 1.62. The van der Waals surface area contributed by atoms with Gasteiger partial charge in [-0.2, -0.15) is 0 Å². The molecule has 0 aliphatic carbocycles. The van der Waals surface area contributed by atoms with E-state index >= 15 is 0 Å². The maximum Gasteiger partial charge on any atom is 0.180 e. The molecule has 2 N–H and O–H groups in total. The molecule has 0 aliphatic heterocycles. The number of halogens is 1.